The zero-order valence-electron chi connectivity index (χ0n) is 12.0. The van der Waals surface area contributed by atoms with Crippen LogP contribution in [-0.4, -0.2) is 22.6 Å². The highest BCUT2D eigenvalue weighted by atomic mass is 35.7. The summed E-state index contributed by atoms with van der Waals surface area (Å²) in [6, 6.07) is 12.4. The Bertz CT molecular complexity index is 980. The monoisotopic (exact) mass is 336 g/mol. The Kier molecular flexibility index (Phi) is 3.62. The van der Waals surface area contributed by atoms with Gasteiger partial charge in [0.25, 0.3) is 9.05 Å². The molecule has 0 spiro atoms. The lowest BCUT2D eigenvalue weighted by Crippen LogP contribution is -1.98. The predicted molar refractivity (Wildman–Crippen MR) is 87.6 cm³/mol. The average molecular weight is 337 g/mol. The van der Waals surface area contributed by atoms with Crippen molar-refractivity contribution in [1.82, 2.24) is 0 Å². The number of hydrogen-bond donors (Lipinski definition) is 0. The van der Waals surface area contributed by atoms with Crippen molar-refractivity contribution in [1.29, 1.82) is 0 Å². The lowest BCUT2D eigenvalue weighted by atomic mass is 10.0. The van der Waals surface area contributed by atoms with Gasteiger partial charge in [0.2, 0.25) is 0 Å². The quantitative estimate of drug-likeness (QED) is 0.537. The van der Waals surface area contributed by atoms with Crippen molar-refractivity contribution in [2.75, 3.05) is 14.2 Å². The average Bonchev–Trinajstić information content (AvgIpc) is 2.50. The van der Waals surface area contributed by atoms with Crippen LogP contribution >= 0.6 is 10.7 Å². The van der Waals surface area contributed by atoms with E-state index in [4.69, 9.17) is 20.2 Å². The highest BCUT2D eigenvalue weighted by molar-refractivity contribution is 8.14. The molecule has 6 heteroatoms. The molecule has 0 N–H and O–H groups in total. The Morgan fingerprint density at radius 2 is 1.36 bits per heavy atom. The molecular formula is C16H13ClO4S. The highest BCUT2D eigenvalue weighted by Gasteiger charge is 2.22. The van der Waals surface area contributed by atoms with Gasteiger partial charge in [-0.3, -0.25) is 0 Å². The second-order valence-electron chi connectivity index (χ2n) is 4.73. The molecule has 0 unspecified atom stereocenters. The molecule has 0 heterocycles. The predicted octanol–water partition coefficient (Wildman–Crippen LogP) is 3.94. The maximum atomic E-state index is 11.9. The topological polar surface area (TPSA) is 52.6 Å². The Morgan fingerprint density at radius 3 is 1.91 bits per heavy atom. The molecule has 3 rings (SSSR count). The lowest BCUT2D eigenvalue weighted by Gasteiger charge is -2.16. The minimum Gasteiger partial charge on any atom is -0.495 e. The van der Waals surface area contributed by atoms with Gasteiger partial charge in [0.15, 0.2) is 0 Å². The van der Waals surface area contributed by atoms with Crippen LogP contribution in [0.3, 0.4) is 0 Å². The molecule has 22 heavy (non-hydrogen) atoms. The molecular weight excluding hydrogens is 324 g/mol. The Morgan fingerprint density at radius 1 is 0.818 bits per heavy atom. The van der Waals surface area contributed by atoms with Crippen LogP contribution in [0.2, 0.25) is 0 Å². The number of rotatable bonds is 3. The number of halogens is 1. The van der Waals surface area contributed by atoms with E-state index >= 15 is 0 Å². The molecule has 0 aromatic heterocycles. The summed E-state index contributed by atoms with van der Waals surface area (Å²) < 4.78 is 34.9. The second-order valence-corrected chi connectivity index (χ2v) is 7.26. The first-order chi connectivity index (χ1) is 10.5. The van der Waals surface area contributed by atoms with Crippen LogP contribution < -0.4 is 9.47 Å². The SMILES string of the molecule is COc1c2ccccc2c(OC)c2c(S(=O)(=O)Cl)cccc12. The van der Waals surface area contributed by atoms with Crippen molar-refractivity contribution in [2.45, 2.75) is 4.90 Å². The first-order valence-corrected chi connectivity index (χ1v) is 8.80. The van der Waals surface area contributed by atoms with E-state index in [-0.39, 0.29) is 4.90 Å². The molecule has 0 atom stereocenters. The third-order valence-electron chi connectivity index (χ3n) is 3.59. The number of fused-ring (bicyclic) bond motifs is 2. The summed E-state index contributed by atoms with van der Waals surface area (Å²) in [5.41, 5.74) is 0. The van der Waals surface area contributed by atoms with E-state index in [9.17, 15) is 8.42 Å². The largest absolute Gasteiger partial charge is 0.495 e. The van der Waals surface area contributed by atoms with Crippen LogP contribution in [0.25, 0.3) is 21.5 Å². The van der Waals surface area contributed by atoms with Crippen LogP contribution in [0.5, 0.6) is 11.5 Å². The highest BCUT2D eigenvalue weighted by Crippen LogP contribution is 2.45. The molecule has 0 aliphatic heterocycles. The van der Waals surface area contributed by atoms with Crippen LogP contribution in [0.1, 0.15) is 0 Å². The molecule has 114 valence electrons. The molecule has 0 bridgehead atoms. The fourth-order valence-corrected chi connectivity index (χ4v) is 3.82. The van der Waals surface area contributed by atoms with Crippen molar-refractivity contribution < 1.29 is 17.9 Å². The molecule has 0 aliphatic rings. The van der Waals surface area contributed by atoms with Crippen molar-refractivity contribution >= 4 is 41.3 Å². The van der Waals surface area contributed by atoms with Gasteiger partial charge in [-0.05, 0) is 6.07 Å². The van der Waals surface area contributed by atoms with Gasteiger partial charge in [0, 0.05) is 32.2 Å². The fourth-order valence-electron chi connectivity index (χ4n) is 2.75. The molecule has 0 amide bonds. The van der Waals surface area contributed by atoms with E-state index in [0.29, 0.717) is 22.3 Å². The molecule has 0 saturated carbocycles. The van der Waals surface area contributed by atoms with E-state index in [1.165, 1.54) is 13.2 Å². The summed E-state index contributed by atoms with van der Waals surface area (Å²) in [6.45, 7) is 0. The number of methoxy groups -OCH3 is 2. The molecule has 0 saturated heterocycles. The number of hydrogen-bond acceptors (Lipinski definition) is 4. The summed E-state index contributed by atoms with van der Waals surface area (Å²) in [4.78, 5) is 0.00701. The van der Waals surface area contributed by atoms with Gasteiger partial charge >= 0.3 is 0 Å². The zero-order valence-corrected chi connectivity index (χ0v) is 13.5. The van der Waals surface area contributed by atoms with Gasteiger partial charge < -0.3 is 9.47 Å². The van der Waals surface area contributed by atoms with Gasteiger partial charge in [0.1, 0.15) is 11.5 Å². The molecule has 0 fully saturated rings. The van der Waals surface area contributed by atoms with Crippen molar-refractivity contribution in [3.63, 3.8) is 0 Å². The van der Waals surface area contributed by atoms with Gasteiger partial charge in [0.05, 0.1) is 19.1 Å². The van der Waals surface area contributed by atoms with Crippen molar-refractivity contribution in [2.24, 2.45) is 0 Å². The van der Waals surface area contributed by atoms with Gasteiger partial charge in [-0.15, -0.1) is 0 Å². The van der Waals surface area contributed by atoms with Crippen LogP contribution in [-0.2, 0) is 9.05 Å². The van der Waals surface area contributed by atoms with Crippen LogP contribution in [0.4, 0.5) is 0 Å². The van der Waals surface area contributed by atoms with E-state index in [1.54, 1.807) is 19.2 Å². The first-order valence-electron chi connectivity index (χ1n) is 6.49. The zero-order chi connectivity index (χ0) is 15.9. The normalized spacial score (nSPS) is 11.8. The Balaban J connectivity index is 2.68. The summed E-state index contributed by atoms with van der Waals surface area (Å²) in [6.07, 6.45) is 0. The van der Waals surface area contributed by atoms with Crippen molar-refractivity contribution in [3.05, 3.63) is 42.5 Å². The van der Waals surface area contributed by atoms with Gasteiger partial charge in [-0.1, -0.05) is 36.4 Å². The standard InChI is InChI=1S/C16H13ClO4S/c1-20-15-10-6-3-4-7-11(10)16(21-2)14-12(15)8-5-9-13(14)22(17,18)19/h3-9H,1-2H3. The van der Waals surface area contributed by atoms with E-state index in [2.05, 4.69) is 0 Å². The summed E-state index contributed by atoms with van der Waals surface area (Å²) in [7, 11) is 4.73. The van der Waals surface area contributed by atoms with E-state index < -0.39 is 9.05 Å². The Hall–Kier alpha value is -1.98. The lowest BCUT2D eigenvalue weighted by molar-refractivity contribution is 0.417. The maximum Gasteiger partial charge on any atom is 0.262 e. The van der Waals surface area contributed by atoms with Crippen LogP contribution in [0.15, 0.2) is 47.4 Å². The first kappa shape index (κ1) is 14.9. The van der Waals surface area contributed by atoms with Crippen LogP contribution in [0, 0.1) is 0 Å². The maximum absolute atomic E-state index is 11.9. The number of ether oxygens (including phenoxy) is 2. The van der Waals surface area contributed by atoms with Crippen molar-refractivity contribution in [3.8, 4) is 11.5 Å². The Labute approximate surface area is 132 Å². The third-order valence-corrected chi connectivity index (χ3v) is 4.95. The minimum absolute atomic E-state index is 0.00701. The molecule has 0 aliphatic carbocycles. The third kappa shape index (κ3) is 2.17. The smallest absolute Gasteiger partial charge is 0.262 e. The summed E-state index contributed by atoms with van der Waals surface area (Å²) in [5.74, 6) is 1.06. The molecule has 3 aromatic carbocycles. The molecule has 4 nitrogen and oxygen atoms in total. The molecule has 0 radical (unpaired) electrons. The molecule has 3 aromatic rings. The summed E-state index contributed by atoms with van der Waals surface area (Å²) in [5, 5.41) is 2.68. The second kappa shape index (κ2) is 5.34. The van der Waals surface area contributed by atoms with Gasteiger partial charge in [-0.2, -0.15) is 0 Å². The van der Waals surface area contributed by atoms with E-state index in [1.807, 2.05) is 24.3 Å². The van der Waals surface area contributed by atoms with E-state index in [0.717, 1.165) is 10.8 Å². The number of benzene rings is 3. The summed E-state index contributed by atoms with van der Waals surface area (Å²) >= 11 is 0. The minimum atomic E-state index is -3.92. The van der Waals surface area contributed by atoms with Gasteiger partial charge in [-0.25, -0.2) is 8.42 Å². The fraction of sp³-hybridized carbons (Fsp3) is 0.125.